The van der Waals surface area contributed by atoms with Crippen LogP contribution in [0, 0.1) is 5.41 Å². The Morgan fingerprint density at radius 2 is 2.10 bits per heavy atom. The summed E-state index contributed by atoms with van der Waals surface area (Å²) in [6, 6.07) is 5.92. The van der Waals surface area contributed by atoms with Crippen LogP contribution in [0.3, 0.4) is 0 Å². The molecule has 1 heterocycles. The van der Waals surface area contributed by atoms with Crippen LogP contribution < -0.4 is 5.76 Å². The van der Waals surface area contributed by atoms with Gasteiger partial charge in [0.15, 0.2) is 5.58 Å². The average molecular weight is 294 g/mol. The highest BCUT2D eigenvalue weighted by molar-refractivity contribution is 6.21. The molecule has 1 aliphatic carbocycles. The predicted molar refractivity (Wildman–Crippen MR) is 81.3 cm³/mol. The lowest BCUT2D eigenvalue weighted by molar-refractivity contribution is 0.322. The van der Waals surface area contributed by atoms with Crippen molar-refractivity contribution in [2.45, 2.75) is 51.5 Å². The molecule has 1 atom stereocenters. The van der Waals surface area contributed by atoms with Crippen LogP contribution in [0.15, 0.2) is 27.4 Å². The first-order valence-electron chi connectivity index (χ1n) is 7.32. The van der Waals surface area contributed by atoms with Gasteiger partial charge in [-0.15, -0.1) is 11.6 Å². The summed E-state index contributed by atoms with van der Waals surface area (Å²) in [6.45, 7) is 4.82. The zero-order valence-corrected chi connectivity index (χ0v) is 12.7. The highest BCUT2D eigenvalue weighted by atomic mass is 35.5. The van der Waals surface area contributed by atoms with Gasteiger partial charge in [-0.2, -0.15) is 0 Å². The Morgan fingerprint density at radius 1 is 1.40 bits per heavy atom. The Morgan fingerprint density at radius 3 is 2.75 bits per heavy atom. The molecule has 2 aromatic rings. The Bertz CT molecular complexity index is 679. The topological polar surface area (TPSA) is 35.1 Å². The van der Waals surface area contributed by atoms with Crippen molar-refractivity contribution < 1.29 is 4.42 Å². The lowest BCUT2D eigenvalue weighted by atomic mass is 9.81. The van der Waals surface area contributed by atoms with Crippen molar-refractivity contribution in [1.82, 2.24) is 4.57 Å². The van der Waals surface area contributed by atoms with Gasteiger partial charge in [0.05, 0.1) is 10.9 Å². The highest BCUT2D eigenvalue weighted by Crippen LogP contribution is 2.50. The molecule has 0 amide bonds. The highest BCUT2D eigenvalue weighted by Gasteiger charge is 2.36. The first-order valence-corrected chi connectivity index (χ1v) is 7.76. The van der Waals surface area contributed by atoms with Crippen LogP contribution in [-0.2, 0) is 6.54 Å². The fourth-order valence-corrected chi connectivity index (χ4v) is 3.73. The number of hydrogen-bond donors (Lipinski definition) is 0. The molecule has 4 heteroatoms. The van der Waals surface area contributed by atoms with Crippen LogP contribution in [-0.4, -0.2) is 4.57 Å². The van der Waals surface area contributed by atoms with Crippen molar-refractivity contribution in [2.75, 3.05) is 0 Å². The van der Waals surface area contributed by atoms with Gasteiger partial charge in [-0.05, 0) is 42.9 Å². The molecule has 0 aliphatic heterocycles. The Hall–Kier alpha value is -1.22. The molecule has 1 fully saturated rings. The van der Waals surface area contributed by atoms with Gasteiger partial charge in [0.25, 0.3) is 0 Å². The van der Waals surface area contributed by atoms with Crippen molar-refractivity contribution in [2.24, 2.45) is 5.41 Å². The van der Waals surface area contributed by atoms with Gasteiger partial charge in [-0.1, -0.05) is 25.8 Å². The number of alkyl halides is 1. The maximum absolute atomic E-state index is 11.7. The van der Waals surface area contributed by atoms with Gasteiger partial charge in [0.2, 0.25) is 0 Å². The normalized spacial score (nSPS) is 19.6. The maximum atomic E-state index is 11.7. The third-order valence-electron chi connectivity index (χ3n) is 4.66. The van der Waals surface area contributed by atoms with Crippen LogP contribution in [0.5, 0.6) is 0 Å². The molecule has 20 heavy (non-hydrogen) atoms. The van der Waals surface area contributed by atoms with Gasteiger partial charge >= 0.3 is 5.76 Å². The van der Waals surface area contributed by atoms with Crippen LogP contribution in [0.2, 0.25) is 0 Å². The number of oxazole rings is 1. The number of aryl methyl sites for hydroxylation is 1. The zero-order valence-electron chi connectivity index (χ0n) is 12.0. The first kappa shape index (κ1) is 13.7. The zero-order chi connectivity index (χ0) is 14.3. The van der Waals surface area contributed by atoms with Gasteiger partial charge in [-0.3, -0.25) is 4.57 Å². The van der Waals surface area contributed by atoms with E-state index in [-0.39, 0.29) is 16.5 Å². The van der Waals surface area contributed by atoms with Gasteiger partial charge < -0.3 is 4.42 Å². The minimum absolute atomic E-state index is 0.0234. The minimum atomic E-state index is -0.294. The molecule has 0 saturated heterocycles. The standard InChI is InChI=1S/C16H20ClNO2/c1-3-18-12-7-6-11(10-13(12)20-15(18)19)14(17)16(2)8-4-5-9-16/h6-7,10,14H,3-5,8-9H2,1-2H3. The van der Waals surface area contributed by atoms with Crippen molar-refractivity contribution in [3.05, 3.63) is 34.3 Å². The van der Waals surface area contributed by atoms with E-state index in [2.05, 4.69) is 6.92 Å². The summed E-state index contributed by atoms with van der Waals surface area (Å²) < 4.78 is 6.96. The van der Waals surface area contributed by atoms with Crippen molar-refractivity contribution in [3.63, 3.8) is 0 Å². The third-order valence-corrected chi connectivity index (χ3v) is 5.44. The summed E-state index contributed by atoms with van der Waals surface area (Å²) in [7, 11) is 0. The number of aromatic nitrogens is 1. The summed E-state index contributed by atoms with van der Waals surface area (Å²) in [5.41, 5.74) is 2.70. The minimum Gasteiger partial charge on any atom is -0.408 e. The molecule has 3 nitrogen and oxygen atoms in total. The second-order valence-electron chi connectivity index (χ2n) is 6.06. The third kappa shape index (κ3) is 2.08. The number of hydrogen-bond acceptors (Lipinski definition) is 2. The summed E-state index contributed by atoms with van der Waals surface area (Å²) in [4.78, 5) is 11.7. The van der Waals surface area contributed by atoms with E-state index in [1.807, 2.05) is 25.1 Å². The van der Waals surface area contributed by atoms with E-state index in [1.54, 1.807) is 4.57 Å². The van der Waals surface area contributed by atoms with Crippen molar-refractivity contribution >= 4 is 22.7 Å². The SMILES string of the molecule is CCn1c(=O)oc2cc(C(Cl)C3(C)CCCC3)ccc21. The maximum Gasteiger partial charge on any atom is 0.419 e. The van der Waals surface area contributed by atoms with E-state index < -0.39 is 0 Å². The van der Waals surface area contributed by atoms with Crippen molar-refractivity contribution in [3.8, 4) is 0 Å². The van der Waals surface area contributed by atoms with Crippen LogP contribution >= 0.6 is 11.6 Å². The predicted octanol–water partition coefficient (Wildman–Crippen LogP) is 4.47. The van der Waals surface area contributed by atoms with E-state index in [4.69, 9.17) is 16.0 Å². The quantitative estimate of drug-likeness (QED) is 0.782. The molecule has 1 aromatic heterocycles. The molecule has 1 aliphatic rings. The summed E-state index contributed by atoms with van der Waals surface area (Å²) in [6.07, 6.45) is 4.84. The monoisotopic (exact) mass is 293 g/mol. The molecule has 108 valence electrons. The van der Waals surface area contributed by atoms with E-state index in [9.17, 15) is 4.79 Å². The number of halogens is 1. The van der Waals surface area contributed by atoms with E-state index in [1.165, 1.54) is 25.7 Å². The average Bonchev–Trinajstić information content (AvgIpc) is 3.00. The Balaban J connectivity index is 2.03. The molecular weight excluding hydrogens is 274 g/mol. The lowest BCUT2D eigenvalue weighted by Crippen LogP contribution is -2.17. The van der Waals surface area contributed by atoms with Crippen molar-refractivity contribution in [1.29, 1.82) is 0 Å². The summed E-state index contributed by atoms with van der Waals surface area (Å²) in [5, 5.41) is -0.0234. The van der Waals surface area contributed by atoms with Crippen LogP contribution in [0.1, 0.15) is 50.5 Å². The first-order chi connectivity index (χ1) is 9.55. The van der Waals surface area contributed by atoms with Gasteiger partial charge in [-0.25, -0.2) is 4.79 Å². The molecule has 0 spiro atoms. The number of nitrogens with zero attached hydrogens (tertiary/aromatic N) is 1. The molecule has 0 N–H and O–H groups in total. The molecule has 1 aromatic carbocycles. The van der Waals surface area contributed by atoms with E-state index in [0.717, 1.165) is 11.1 Å². The second kappa shape index (κ2) is 4.96. The molecule has 0 radical (unpaired) electrons. The summed E-state index contributed by atoms with van der Waals surface area (Å²) in [5.74, 6) is -0.294. The smallest absolute Gasteiger partial charge is 0.408 e. The Labute approximate surface area is 123 Å². The fraction of sp³-hybridized carbons (Fsp3) is 0.562. The number of rotatable bonds is 3. The van der Waals surface area contributed by atoms with E-state index in [0.29, 0.717) is 12.1 Å². The van der Waals surface area contributed by atoms with Gasteiger partial charge in [0, 0.05) is 6.54 Å². The largest absolute Gasteiger partial charge is 0.419 e. The second-order valence-corrected chi connectivity index (χ2v) is 6.50. The number of benzene rings is 1. The Kier molecular flexibility index (Phi) is 3.41. The van der Waals surface area contributed by atoms with Gasteiger partial charge in [0.1, 0.15) is 0 Å². The van der Waals surface area contributed by atoms with Crippen LogP contribution in [0.4, 0.5) is 0 Å². The lowest BCUT2D eigenvalue weighted by Gasteiger charge is -2.29. The summed E-state index contributed by atoms with van der Waals surface area (Å²) >= 11 is 6.71. The molecule has 0 bridgehead atoms. The number of fused-ring (bicyclic) bond motifs is 1. The molecule has 3 rings (SSSR count). The van der Waals surface area contributed by atoms with E-state index >= 15 is 0 Å². The molecule has 1 saturated carbocycles. The fourth-order valence-electron chi connectivity index (χ4n) is 3.38. The molecule has 1 unspecified atom stereocenters. The molecular formula is C16H20ClNO2. The van der Waals surface area contributed by atoms with Crippen LogP contribution in [0.25, 0.3) is 11.1 Å².